The first-order valence-corrected chi connectivity index (χ1v) is 13.8. The lowest BCUT2D eigenvalue weighted by Gasteiger charge is -2.38. The number of carbonyl (C=O) groups is 1. The Morgan fingerprint density at radius 2 is 2.08 bits per heavy atom. The van der Waals surface area contributed by atoms with Crippen molar-refractivity contribution in [2.45, 2.75) is 90.5 Å². The second kappa shape index (κ2) is 13.0. The van der Waals surface area contributed by atoms with E-state index in [4.69, 9.17) is 23.8 Å². The minimum atomic E-state index is -1.58. The first-order valence-electron chi connectivity index (χ1n) is 12.7. The average Bonchev–Trinajstić information content (AvgIpc) is 3.34. The largest absolute Gasteiger partial charge is 0.368 e. The van der Waals surface area contributed by atoms with E-state index in [0.717, 1.165) is 0 Å². The van der Waals surface area contributed by atoms with E-state index in [0.29, 0.717) is 6.42 Å². The molecule has 3 heterocycles. The Balaban J connectivity index is 1.93. The van der Waals surface area contributed by atoms with Gasteiger partial charge in [-0.1, -0.05) is 18.8 Å². The smallest absolute Gasteiger partial charge is 0.330 e. The number of fused-ring (bicyclic) bond motifs is 2. The van der Waals surface area contributed by atoms with Crippen molar-refractivity contribution in [1.82, 2.24) is 19.5 Å². The van der Waals surface area contributed by atoms with Crippen LogP contribution >= 0.6 is 8.53 Å². The number of carbonyl (C=O) groups excluding carboxylic acids is 1. The van der Waals surface area contributed by atoms with Crippen LogP contribution in [0.4, 0.5) is 0 Å². The summed E-state index contributed by atoms with van der Waals surface area (Å²) in [7, 11) is -1.58. The lowest BCUT2D eigenvalue weighted by atomic mass is 9.96. The highest BCUT2D eigenvalue weighted by molar-refractivity contribution is 7.44. The molecule has 38 heavy (non-hydrogen) atoms. The first-order chi connectivity index (χ1) is 18.0. The lowest BCUT2D eigenvalue weighted by molar-refractivity contribution is -0.175. The quantitative estimate of drug-likeness (QED) is 0.239. The van der Waals surface area contributed by atoms with Crippen molar-refractivity contribution >= 4 is 14.4 Å². The zero-order valence-corrected chi connectivity index (χ0v) is 23.5. The highest BCUT2D eigenvalue weighted by Crippen LogP contribution is 2.55. The maximum absolute atomic E-state index is 12.8. The second-order valence-corrected chi connectivity index (χ2v) is 11.1. The van der Waals surface area contributed by atoms with Gasteiger partial charge in [-0.25, -0.2) is 9.46 Å². The molecule has 2 bridgehead atoms. The van der Waals surface area contributed by atoms with E-state index in [1.807, 2.05) is 6.92 Å². The van der Waals surface area contributed by atoms with E-state index in [-0.39, 0.29) is 49.7 Å². The fraction of sp³-hybridized carbons (Fsp3) is 0.680. The molecule has 5 atom stereocenters. The van der Waals surface area contributed by atoms with Crippen LogP contribution in [-0.4, -0.2) is 69.8 Å². The first kappa shape index (κ1) is 30.0. The third-order valence-electron chi connectivity index (χ3n) is 6.33. The number of aromatic nitrogens is 2. The molecule has 2 fully saturated rings. The number of ether oxygens (including phenoxy) is 2. The second-order valence-electron chi connectivity index (χ2n) is 9.70. The summed E-state index contributed by atoms with van der Waals surface area (Å²) in [6.45, 7) is 12.1. The highest BCUT2D eigenvalue weighted by atomic mass is 31.2. The Labute approximate surface area is 223 Å². The molecule has 0 aliphatic carbocycles. The van der Waals surface area contributed by atoms with Gasteiger partial charge in [0.2, 0.25) is 5.91 Å². The number of H-pyrrole nitrogens is 1. The van der Waals surface area contributed by atoms with Gasteiger partial charge in [0.15, 0.2) is 6.23 Å². The van der Waals surface area contributed by atoms with E-state index in [1.54, 1.807) is 0 Å². The fourth-order valence-electron chi connectivity index (χ4n) is 4.57. The number of amides is 1. The van der Waals surface area contributed by atoms with Crippen LogP contribution < -0.4 is 16.6 Å². The SMILES string of the molecule is CC[C@]12COC([C@H](n3cc(C#CCNC(C)=O)c(=O)[nH]c3=O)O1)[C@@H]2OP(OCCC#N)N(C(C)C)C(C)C. The van der Waals surface area contributed by atoms with Crippen LogP contribution in [0, 0.1) is 23.2 Å². The number of hydrogen-bond donors (Lipinski definition) is 2. The Hall–Kier alpha value is -2.57. The summed E-state index contributed by atoms with van der Waals surface area (Å²) in [5, 5.41) is 11.5. The van der Waals surface area contributed by atoms with Gasteiger partial charge in [-0.05, 0) is 34.1 Å². The third-order valence-corrected chi connectivity index (χ3v) is 8.44. The van der Waals surface area contributed by atoms with Crippen LogP contribution in [-0.2, 0) is 23.3 Å². The maximum Gasteiger partial charge on any atom is 0.330 e. The molecule has 0 aromatic carbocycles. The molecule has 1 aromatic rings. The molecule has 2 unspecified atom stereocenters. The molecule has 2 aliphatic heterocycles. The topological polar surface area (TPSA) is 148 Å². The number of aromatic amines is 1. The molecule has 1 aromatic heterocycles. The molecule has 2 saturated heterocycles. The van der Waals surface area contributed by atoms with Crippen molar-refractivity contribution in [2.75, 3.05) is 19.8 Å². The number of hydrogen-bond acceptors (Lipinski definition) is 9. The summed E-state index contributed by atoms with van der Waals surface area (Å²) in [5.41, 5.74) is -2.08. The average molecular weight is 550 g/mol. The molecule has 2 N–H and O–H groups in total. The van der Waals surface area contributed by atoms with E-state index in [9.17, 15) is 14.4 Å². The standard InChI is InChI=1S/C25H36N5O7P/c1-7-25-15-34-20(21(25)37-38(35-13-9-11-26)30(16(2)3)17(4)5)23(36-25)29-14-19(22(32)28-24(29)33)10-8-12-27-18(6)31/h14,16-17,20-21,23H,7,9,12-13,15H2,1-6H3,(H,27,31)(H,28,32,33)/t20?,21-,23+,25+,38?/m0/s1. The summed E-state index contributed by atoms with van der Waals surface area (Å²) in [4.78, 5) is 38.5. The molecule has 0 spiro atoms. The zero-order chi connectivity index (χ0) is 28.0. The van der Waals surface area contributed by atoms with Gasteiger partial charge in [-0.3, -0.25) is 19.1 Å². The summed E-state index contributed by atoms with van der Waals surface area (Å²) in [6.07, 6.45) is 0.0574. The zero-order valence-electron chi connectivity index (χ0n) is 22.6. The lowest BCUT2D eigenvalue weighted by Crippen LogP contribution is -2.43. The van der Waals surface area contributed by atoms with Crippen LogP contribution in [0.3, 0.4) is 0 Å². The van der Waals surface area contributed by atoms with E-state index < -0.39 is 43.8 Å². The van der Waals surface area contributed by atoms with Gasteiger partial charge in [-0.15, -0.1) is 0 Å². The maximum atomic E-state index is 12.8. The number of rotatable bonds is 11. The minimum absolute atomic E-state index is 0.0530. The molecule has 3 rings (SSSR count). The normalized spacial score (nSPS) is 24.9. The van der Waals surface area contributed by atoms with Crippen molar-refractivity contribution in [1.29, 1.82) is 5.26 Å². The van der Waals surface area contributed by atoms with Gasteiger partial charge < -0.3 is 23.8 Å². The molecule has 0 saturated carbocycles. The Morgan fingerprint density at radius 3 is 2.68 bits per heavy atom. The number of nitrogens with one attached hydrogen (secondary N) is 2. The summed E-state index contributed by atoms with van der Waals surface area (Å²) >= 11 is 0. The van der Waals surface area contributed by atoms with Gasteiger partial charge in [0.25, 0.3) is 14.1 Å². The van der Waals surface area contributed by atoms with Crippen molar-refractivity contribution in [3.8, 4) is 17.9 Å². The molecular weight excluding hydrogens is 513 g/mol. The van der Waals surface area contributed by atoms with Crippen molar-refractivity contribution < 1.29 is 23.3 Å². The van der Waals surface area contributed by atoms with Gasteiger partial charge in [0, 0.05) is 25.2 Å². The van der Waals surface area contributed by atoms with Crippen LogP contribution in [0.1, 0.15) is 66.2 Å². The van der Waals surface area contributed by atoms with Gasteiger partial charge >= 0.3 is 5.69 Å². The summed E-state index contributed by atoms with van der Waals surface area (Å²) in [5.74, 6) is 5.15. The van der Waals surface area contributed by atoms with Crippen LogP contribution in [0.25, 0.3) is 0 Å². The van der Waals surface area contributed by atoms with E-state index in [2.05, 4.69) is 60.6 Å². The monoisotopic (exact) mass is 549 g/mol. The molecule has 208 valence electrons. The van der Waals surface area contributed by atoms with Crippen LogP contribution in [0.5, 0.6) is 0 Å². The molecule has 12 nitrogen and oxygen atoms in total. The van der Waals surface area contributed by atoms with Gasteiger partial charge in [0.1, 0.15) is 23.4 Å². The predicted octanol–water partition coefficient (Wildman–Crippen LogP) is 1.76. The van der Waals surface area contributed by atoms with Crippen LogP contribution in [0.2, 0.25) is 0 Å². The van der Waals surface area contributed by atoms with Crippen molar-refractivity contribution in [3.63, 3.8) is 0 Å². The Morgan fingerprint density at radius 1 is 1.37 bits per heavy atom. The predicted molar refractivity (Wildman–Crippen MR) is 140 cm³/mol. The Bertz CT molecular complexity index is 1210. The molecule has 0 radical (unpaired) electrons. The van der Waals surface area contributed by atoms with Crippen molar-refractivity contribution in [2.24, 2.45) is 0 Å². The molecular formula is C25H36N5O7P. The highest BCUT2D eigenvalue weighted by Gasteiger charge is 2.63. The minimum Gasteiger partial charge on any atom is -0.368 e. The van der Waals surface area contributed by atoms with E-state index >= 15 is 0 Å². The third kappa shape index (κ3) is 6.52. The summed E-state index contributed by atoms with van der Waals surface area (Å²) < 4.78 is 28.6. The fourth-order valence-corrected chi connectivity index (χ4v) is 6.38. The molecule has 2 aliphatic rings. The van der Waals surface area contributed by atoms with Crippen molar-refractivity contribution in [3.05, 3.63) is 32.6 Å². The molecule has 1 amide bonds. The van der Waals surface area contributed by atoms with Crippen LogP contribution in [0.15, 0.2) is 15.8 Å². The van der Waals surface area contributed by atoms with Gasteiger partial charge in [-0.2, -0.15) is 5.26 Å². The Kier molecular flexibility index (Phi) is 10.2. The number of nitriles is 1. The summed E-state index contributed by atoms with van der Waals surface area (Å²) in [6, 6.07) is 2.31. The van der Waals surface area contributed by atoms with E-state index in [1.165, 1.54) is 17.7 Å². The van der Waals surface area contributed by atoms with Gasteiger partial charge in [0.05, 0.1) is 32.2 Å². The molecule has 13 heteroatoms. The number of nitrogens with zero attached hydrogens (tertiary/aromatic N) is 3.